The SMILES string of the molecule is CC1=C(C(=O)OC2CCCCC2)[C@H](c2cc3c(cc2Br)OCO3)C2=C(CCCC2=O)N1. The quantitative estimate of drug-likeness (QED) is 0.603. The van der Waals surface area contributed by atoms with E-state index in [1.807, 2.05) is 19.1 Å². The van der Waals surface area contributed by atoms with Crippen LogP contribution in [0, 0.1) is 0 Å². The lowest BCUT2D eigenvalue weighted by molar-refractivity contribution is -0.146. The van der Waals surface area contributed by atoms with E-state index in [0.717, 1.165) is 60.0 Å². The summed E-state index contributed by atoms with van der Waals surface area (Å²) >= 11 is 3.65. The number of rotatable bonds is 3. The summed E-state index contributed by atoms with van der Waals surface area (Å²) in [5.41, 5.74) is 3.68. The summed E-state index contributed by atoms with van der Waals surface area (Å²) < 4.78 is 17.8. The number of carbonyl (C=O) groups excluding carboxylic acids is 2. The predicted molar refractivity (Wildman–Crippen MR) is 118 cm³/mol. The minimum atomic E-state index is -0.496. The van der Waals surface area contributed by atoms with Crippen molar-refractivity contribution in [2.45, 2.75) is 70.3 Å². The van der Waals surface area contributed by atoms with E-state index in [0.29, 0.717) is 29.1 Å². The van der Waals surface area contributed by atoms with E-state index in [1.165, 1.54) is 6.42 Å². The summed E-state index contributed by atoms with van der Waals surface area (Å²) in [4.78, 5) is 26.5. The van der Waals surface area contributed by atoms with Crippen LogP contribution in [-0.2, 0) is 14.3 Å². The molecule has 1 aromatic carbocycles. The number of ether oxygens (including phenoxy) is 3. The van der Waals surface area contributed by atoms with Gasteiger partial charge in [0, 0.05) is 33.8 Å². The van der Waals surface area contributed by atoms with Crippen molar-refractivity contribution < 1.29 is 23.8 Å². The van der Waals surface area contributed by atoms with Crippen molar-refractivity contribution in [1.82, 2.24) is 5.32 Å². The van der Waals surface area contributed by atoms with Crippen LogP contribution in [0.1, 0.15) is 69.8 Å². The second-order valence-electron chi connectivity index (χ2n) is 8.66. The number of esters is 1. The first-order valence-electron chi connectivity index (χ1n) is 11.1. The van der Waals surface area contributed by atoms with Crippen molar-refractivity contribution in [3.63, 3.8) is 0 Å². The van der Waals surface area contributed by atoms with E-state index < -0.39 is 5.92 Å². The molecule has 31 heavy (non-hydrogen) atoms. The summed E-state index contributed by atoms with van der Waals surface area (Å²) in [5.74, 6) is 0.528. The Morgan fingerprint density at radius 2 is 1.84 bits per heavy atom. The summed E-state index contributed by atoms with van der Waals surface area (Å²) in [6.45, 7) is 2.06. The Morgan fingerprint density at radius 3 is 2.61 bits per heavy atom. The molecule has 1 saturated carbocycles. The third-order valence-electron chi connectivity index (χ3n) is 6.62. The fourth-order valence-electron chi connectivity index (χ4n) is 5.12. The van der Waals surface area contributed by atoms with Gasteiger partial charge in [-0.25, -0.2) is 4.79 Å². The molecule has 5 rings (SSSR count). The van der Waals surface area contributed by atoms with Crippen LogP contribution < -0.4 is 14.8 Å². The van der Waals surface area contributed by atoms with E-state index in [4.69, 9.17) is 14.2 Å². The molecule has 0 bridgehead atoms. The zero-order chi connectivity index (χ0) is 21.5. The van der Waals surface area contributed by atoms with E-state index in [9.17, 15) is 9.59 Å². The van der Waals surface area contributed by atoms with Crippen molar-refractivity contribution in [2.24, 2.45) is 0 Å². The molecule has 164 valence electrons. The van der Waals surface area contributed by atoms with Crippen molar-refractivity contribution in [2.75, 3.05) is 6.79 Å². The molecule has 0 radical (unpaired) electrons. The molecule has 2 heterocycles. The van der Waals surface area contributed by atoms with Gasteiger partial charge in [0.25, 0.3) is 0 Å². The van der Waals surface area contributed by atoms with Gasteiger partial charge in [0.05, 0.1) is 5.57 Å². The number of hydrogen-bond donors (Lipinski definition) is 1. The molecule has 1 N–H and O–H groups in total. The molecule has 4 aliphatic rings. The number of carbonyl (C=O) groups is 2. The molecule has 0 aromatic heterocycles. The third kappa shape index (κ3) is 3.77. The standard InChI is InChI=1S/C24H26BrNO5/c1-13-21(24(28)31-14-6-3-2-4-7-14)22(23-17(26-13)8-5-9-18(23)27)15-10-19-20(11-16(15)25)30-12-29-19/h10-11,14,22,26H,2-9,12H2,1H3/t22-/m0/s1. The number of ketones is 1. The molecule has 2 aliphatic carbocycles. The van der Waals surface area contributed by atoms with Crippen LogP contribution in [0.4, 0.5) is 0 Å². The van der Waals surface area contributed by atoms with Gasteiger partial charge in [-0.1, -0.05) is 22.4 Å². The molecule has 2 aliphatic heterocycles. The predicted octanol–water partition coefficient (Wildman–Crippen LogP) is 5.02. The Labute approximate surface area is 190 Å². The lowest BCUT2D eigenvalue weighted by atomic mass is 9.75. The van der Waals surface area contributed by atoms with Crippen molar-refractivity contribution in [3.8, 4) is 11.5 Å². The molecular formula is C24H26BrNO5. The summed E-state index contributed by atoms with van der Waals surface area (Å²) in [5, 5.41) is 3.35. The molecular weight excluding hydrogens is 462 g/mol. The number of dihydropyridines is 1. The topological polar surface area (TPSA) is 73.9 Å². The minimum Gasteiger partial charge on any atom is -0.459 e. The Hall–Kier alpha value is -2.28. The van der Waals surface area contributed by atoms with Gasteiger partial charge < -0.3 is 19.5 Å². The molecule has 0 saturated heterocycles. The van der Waals surface area contributed by atoms with Gasteiger partial charge in [-0.05, 0) is 63.1 Å². The van der Waals surface area contributed by atoms with Crippen molar-refractivity contribution >= 4 is 27.7 Å². The molecule has 0 spiro atoms. The monoisotopic (exact) mass is 487 g/mol. The van der Waals surface area contributed by atoms with Crippen LogP contribution in [0.2, 0.25) is 0 Å². The normalized spacial score (nSPS) is 23.5. The summed E-state index contributed by atoms with van der Waals surface area (Å²) in [7, 11) is 0. The largest absolute Gasteiger partial charge is 0.459 e. The van der Waals surface area contributed by atoms with Crippen molar-refractivity contribution in [1.29, 1.82) is 0 Å². The van der Waals surface area contributed by atoms with Gasteiger partial charge in [-0.3, -0.25) is 4.79 Å². The number of fused-ring (bicyclic) bond motifs is 1. The maximum Gasteiger partial charge on any atom is 0.337 e. The molecule has 0 unspecified atom stereocenters. The van der Waals surface area contributed by atoms with Gasteiger partial charge in [-0.2, -0.15) is 0 Å². The molecule has 7 heteroatoms. The highest BCUT2D eigenvalue weighted by atomic mass is 79.9. The first-order valence-corrected chi connectivity index (χ1v) is 11.9. The zero-order valence-electron chi connectivity index (χ0n) is 17.6. The molecule has 0 amide bonds. The first kappa shape index (κ1) is 20.6. The van der Waals surface area contributed by atoms with E-state index in [1.54, 1.807) is 0 Å². The van der Waals surface area contributed by atoms with Crippen LogP contribution in [0.3, 0.4) is 0 Å². The minimum absolute atomic E-state index is 0.0557. The van der Waals surface area contributed by atoms with E-state index in [-0.39, 0.29) is 24.6 Å². The number of Topliss-reactive ketones (excluding diaryl/α,β-unsaturated/α-hetero) is 1. The maximum atomic E-state index is 13.5. The zero-order valence-corrected chi connectivity index (χ0v) is 19.2. The second kappa shape index (κ2) is 8.34. The maximum absolute atomic E-state index is 13.5. The van der Waals surface area contributed by atoms with Crippen LogP contribution >= 0.6 is 15.9 Å². The van der Waals surface area contributed by atoms with Crippen LogP contribution in [0.15, 0.2) is 39.1 Å². The number of nitrogens with one attached hydrogen (secondary N) is 1. The average molecular weight is 488 g/mol. The third-order valence-corrected chi connectivity index (χ3v) is 7.31. The number of hydrogen-bond acceptors (Lipinski definition) is 6. The highest BCUT2D eigenvalue weighted by Gasteiger charge is 2.41. The Bertz CT molecular complexity index is 1010. The lowest BCUT2D eigenvalue weighted by Gasteiger charge is -2.35. The Balaban J connectivity index is 1.59. The van der Waals surface area contributed by atoms with Crippen LogP contribution in [-0.4, -0.2) is 24.6 Å². The molecule has 1 aromatic rings. The first-order chi connectivity index (χ1) is 15.0. The molecule has 6 nitrogen and oxygen atoms in total. The van der Waals surface area contributed by atoms with Gasteiger partial charge >= 0.3 is 5.97 Å². The summed E-state index contributed by atoms with van der Waals surface area (Å²) in [6.07, 6.45) is 7.19. The fraction of sp³-hybridized carbons (Fsp3) is 0.500. The van der Waals surface area contributed by atoms with E-state index in [2.05, 4.69) is 21.2 Å². The highest BCUT2D eigenvalue weighted by Crippen LogP contribution is 2.48. The number of allylic oxidation sites excluding steroid dienone is 3. The van der Waals surface area contributed by atoms with E-state index >= 15 is 0 Å². The van der Waals surface area contributed by atoms with Crippen LogP contribution in [0.5, 0.6) is 11.5 Å². The van der Waals surface area contributed by atoms with Gasteiger partial charge in [0.1, 0.15) is 6.10 Å². The second-order valence-corrected chi connectivity index (χ2v) is 9.51. The molecule has 1 atom stereocenters. The highest BCUT2D eigenvalue weighted by molar-refractivity contribution is 9.10. The molecule has 1 fully saturated rings. The smallest absolute Gasteiger partial charge is 0.337 e. The van der Waals surface area contributed by atoms with Crippen molar-refractivity contribution in [3.05, 3.63) is 44.7 Å². The Kier molecular flexibility index (Phi) is 5.54. The fourth-order valence-corrected chi connectivity index (χ4v) is 5.67. The number of halogens is 1. The van der Waals surface area contributed by atoms with Gasteiger partial charge in [0.15, 0.2) is 17.3 Å². The summed E-state index contributed by atoms with van der Waals surface area (Å²) in [6, 6.07) is 3.74. The van der Waals surface area contributed by atoms with Crippen LogP contribution in [0.25, 0.3) is 0 Å². The number of benzene rings is 1. The van der Waals surface area contributed by atoms with Gasteiger partial charge in [0.2, 0.25) is 6.79 Å². The average Bonchev–Trinajstić information content (AvgIpc) is 3.20. The lowest BCUT2D eigenvalue weighted by Crippen LogP contribution is -2.35. The van der Waals surface area contributed by atoms with Gasteiger partial charge in [-0.15, -0.1) is 0 Å². The Morgan fingerprint density at radius 1 is 1.10 bits per heavy atom.